The highest BCUT2D eigenvalue weighted by molar-refractivity contribution is 5.24. The lowest BCUT2D eigenvalue weighted by Gasteiger charge is -2.45. The molecular formula is C17H28N2. The SMILES string of the molecule is Cc1cccc(CC(C)(CN)N2CCCC(C)C2)c1. The van der Waals surface area contributed by atoms with Crippen molar-refractivity contribution in [1.29, 1.82) is 0 Å². The molecule has 0 amide bonds. The molecule has 106 valence electrons. The summed E-state index contributed by atoms with van der Waals surface area (Å²) in [5.74, 6) is 0.803. The van der Waals surface area contributed by atoms with Crippen molar-refractivity contribution in [3.63, 3.8) is 0 Å². The third kappa shape index (κ3) is 3.58. The maximum absolute atomic E-state index is 6.13. The minimum Gasteiger partial charge on any atom is -0.329 e. The van der Waals surface area contributed by atoms with Gasteiger partial charge in [0.05, 0.1) is 0 Å². The number of hydrogen-bond acceptors (Lipinski definition) is 2. The number of aryl methyl sites for hydroxylation is 1. The maximum Gasteiger partial charge on any atom is 0.0343 e. The lowest BCUT2D eigenvalue weighted by molar-refractivity contribution is 0.0641. The van der Waals surface area contributed by atoms with E-state index in [-0.39, 0.29) is 5.54 Å². The first-order valence-corrected chi connectivity index (χ1v) is 7.54. The molecule has 1 aliphatic rings. The van der Waals surface area contributed by atoms with E-state index in [1.807, 2.05) is 0 Å². The zero-order valence-corrected chi connectivity index (χ0v) is 12.7. The molecule has 0 aliphatic carbocycles. The fourth-order valence-electron chi connectivity index (χ4n) is 3.25. The molecule has 0 spiro atoms. The van der Waals surface area contributed by atoms with Gasteiger partial charge in [-0.05, 0) is 51.1 Å². The molecule has 2 atom stereocenters. The monoisotopic (exact) mass is 260 g/mol. The van der Waals surface area contributed by atoms with Gasteiger partial charge >= 0.3 is 0 Å². The van der Waals surface area contributed by atoms with Gasteiger partial charge in [-0.15, -0.1) is 0 Å². The van der Waals surface area contributed by atoms with E-state index >= 15 is 0 Å². The van der Waals surface area contributed by atoms with Crippen LogP contribution in [0, 0.1) is 12.8 Å². The Morgan fingerprint density at radius 3 is 2.84 bits per heavy atom. The summed E-state index contributed by atoms with van der Waals surface area (Å²) in [6.45, 7) is 9.96. The van der Waals surface area contributed by atoms with Crippen LogP contribution in [0.5, 0.6) is 0 Å². The van der Waals surface area contributed by atoms with Crippen LogP contribution in [-0.4, -0.2) is 30.1 Å². The molecule has 1 aliphatic heterocycles. The van der Waals surface area contributed by atoms with Crippen LogP contribution < -0.4 is 5.73 Å². The smallest absolute Gasteiger partial charge is 0.0343 e. The Balaban J connectivity index is 2.13. The molecular weight excluding hydrogens is 232 g/mol. The Morgan fingerprint density at radius 2 is 2.21 bits per heavy atom. The number of likely N-dealkylation sites (tertiary alicyclic amines) is 1. The van der Waals surface area contributed by atoms with Crippen molar-refractivity contribution >= 4 is 0 Å². The van der Waals surface area contributed by atoms with E-state index in [9.17, 15) is 0 Å². The van der Waals surface area contributed by atoms with Crippen LogP contribution in [0.25, 0.3) is 0 Å². The van der Waals surface area contributed by atoms with Crippen molar-refractivity contribution in [2.45, 2.75) is 45.6 Å². The first-order valence-electron chi connectivity index (χ1n) is 7.54. The second kappa shape index (κ2) is 6.06. The summed E-state index contributed by atoms with van der Waals surface area (Å²) < 4.78 is 0. The van der Waals surface area contributed by atoms with E-state index in [1.165, 1.54) is 37.1 Å². The summed E-state index contributed by atoms with van der Waals surface area (Å²) in [6, 6.07) is 8.84. The van der Waals surface area contributed by atoms with Gasteiger partial charge in [0.2, 0.25) is 0 Å². The highest BCUT2D eigenvalue weighted by Crippen LogP contribution is 2.26. The molecule has 1 fully saturated rings. The normalized spacial score (nSPS) is 24.1. The van der Waals surface area contributed by atoms with E-state index in [0.717, 1.165) is 18.9 Å². The highest BCUT2D eigenvalue weighted by Gasteiger charge is 2.33. The minimum absolute atomic E-state index is 0.0997. The van der Waals surface area contributed by atoms with Gasteiger partial charge in [-0.25, -0.2) is 0 Å². The van der Waals surface area contributed by atoms with E-state index in [1.54, 1.807) is 0 Å². The molecule has 19 heavy (non-hydrogen) atoms. The summed E-state index contributed by atoms with van der Waals surface area (Å²) in [5, 5.41) is 0. The third-order valence-electron chi connectivity index (χ3n) is 4.53. The second-order valence-electron chi connectivity index (χ2n) is 6.56. The first kappa shape index (κ1) is 14.5. The van der Waals surface area contributed by atoms with Gasteiger partial charge in [0.15, 0.2) is 0 Å². The molecule has 1 aromatic carbocycles. The standard InChI is InChI=1S/C17H28N2/c1-14-6-4-8-16(10-14)11-17(3,13-18)19-9-5-7-15(2)12-19/h4,6,8,10,15H,5,7,9,11-13,18H2,1-3H3. The Morgan fingerprint density at radius 1 is 1.42 bits per heavy atom. The lowest BCUT2D eigenvalue weighted by Crippen LogP contribution is -2.56. The predicted molar refractivity (Wildman–Crippen MR) is 82.3 cm³/mol. The van der Waals surface area contributed by atoms with E-state index < -0.39 is 0 Å². The van der Waals surface area contributed by atoms with Crippen LogP contribution in [0.4, 0.5) is 0 Å². The zero-order valence-electron chi connectivity index (χ0n) is 12.7. The fourth-order valence-corrected chi connectivity index (χ4v) is 3.25. The van der Waals surface area contributed by atoms with E-state index in [0.29, 0.717) is 0 Å². The molecule has 0 aromatic heterocycles. The number of rotatable bonds is 4. The van der Waals surface area contributed by atoms with E-state index in [4.69, 9.17) is 5.73 Å². The van der Waals surface area contributed by atoms with Gasteiger partial charge in [0, 0.05) is 18.6 Å². The fraction of sp³-hybridized carbons (Fsp3) is 0.647. The Labute approximate surface area is 118 Å². The Hall–Kier alpha value is -0.860. The van der Waals surface area contributed by atoms with Crippen LogP contribution in [0.3, 0.4) is 0 Å². The van der Waals surface area contributed by atoms with Crippen molar-refractivity contribution < 1.29 is 0 Å². The largest absolute Gasteiger partial charge is 0.329 e. The van der Waals surface area contributed by atoms with Crippen LogP contribution >= 0.6 is 0 Å². The topological polar surface area (TPSA) is 29.3 Å². The summed E-state index contributed by atoms with van der Waals surface area (Å²) in [5.41, 5.74) is 8.97. The molecule has 1 saturated heterocycles. The zero-order chi connectivity index (χ0) is 13.9. The van der Waals surface area contributed by atoms with Crippen molar-refractivity contribution in [3.8, 4) is 0 Å². The average molecular weight is 260 g/mol. The molecule has 2 N–H and O–H groups in total. The molecule has 2 nitrogen and oxygen atoms in total. The number of nitrogens with two attached hydrogens (primary N) is 1. The molecule has 2 rings (SSSR count). The van der Waals surface area contributed by atoms with Gasteiger partial charge in [-0.1, -0.05) is 36.8 Å². The van der Waals surface area contributed by atoms with Crippen molar-refractivity contribution in [3.05, 3.63) is 35.4 Å². The maximum atomic E-state index is 6.13. The summed E-state index contributed by atoms with van der Waals surface area (Å²) in [7, 11) is 0. The van der Waals surface area contributed by atoms with Gasteiger partial charge in [0.1, 0.15) is 0 Å². The molecule has 2 unspecified atom stereocenters. The van der Waals surface area contributed by atoms with Crippen LogP contribution in [0.15, 0.2) is 24.3 Å². The van der Waals surface area contributed by atoms with Gasteiger partial charge in [-0.3, -0.25) is 4.90 Å². The predicted octanol–water partition coefficient (Wildman–Crippen LogP) is 2.99. The van der Waals surface area contributed by atoms with Crippen LogP contribution in [-0.2, 0) is 6.42 Å². The quantitative estimate of drug-likeness (QED) is 0.902. The molecule has 1 heterocycles. The summed E-state index contributed by atoms with van der Waals surface area (Å²) in [4.78, 5) is 2.61. The van der Waals surface area contributed by atoms with E-state index in [2.05, 4.69) is 49.9 Å². The van der Waals surface area contributed by atoms with Crippen molar-refractivity contribution in [2.75, 3.05) is 19.6 Å². The number of piperidine rings is 1. The van der Waals surface area contributed by atoms with Crippen molar-refractivity contribution in [1.82, 2.24) is 4.90 Å². The van der Waals surface area contributed by atoms with Gasteiger partial charge in [-0.2, -0.15) is 0 Å². The van der Waals surface area contributed by atoms with Gasteiger partial charge in [0.25, 0.3) is 0 Å². The molecule has 0 saturated carbocycles. The number of hydrogen-bond donors (Lipinski definition) is 1. The first-order chi connectivity index (χ1) is 9.03. The minimum atomic E-state index is 0.0997. The highest BCUT2D eigenvalue weighted by atomic mass is 15.2. The molecule has 2 heteroatoms. The third-order valence-corrected chi connectivity index (χ3v) is 4.53. The molecule has 1 aromatic rings. The van der Waals surface area contributed by atoms with Gasteiger partial charge < -0.3 is 5.73 Å². The number of benzene rings is 1. The van der Waals surface area contributed by atoms with Crippen LogP contribution in [0.2, 0.25) is 0 Å². The summed E-state index contributed by atoms with van der Waals surface area (Å²) >= 11 is 0. The average Bonchev–Trinajstić information content (AvgIpc) is 2.38. The Bertz CT molecular complexity index is 415. The number of nitrogens with zero attached hydrogens (tertiary/aromatic N) is 1. The second-order valence-corrected chi connectivity index (χ2v) is 6.56. The van der Waals surface area contributed by atoms with Crippen LogP contribution in [0.1, 0.15) is 37.8 Å². The molecule has 0 bridgehead atoms. The lowest BCUT2D eigenvalue weighted by atomic mass is 9.87. The Kier molecular flexibility index (Phi) is 4.64. The summed E-state index contributed by atoms with van der Waals surface area (Å²) in [6.07, 6.45) is 3.73. The molecule has 0 radical (unpaired) electrons. The van der Waals surface area contributed by atoms with Crippen molar-refractivity contribution in [2.24, 2.45) is 11.7 Å².